The monoisotopic (exact) mass is 241 g/mol. The smallest absolute Gasteiger partial charge is 0.163 e. The van der Waals surface area contributed by atoms with Crippen LogP contribution >= 0.6 is 0 Å². The molecule has 1 aromatic heterocycles. The van der Waals surface area contributed by atoms with Crippen molar-refractivity contribution in [2.24, 2.45) is 11.7 Å². The van der Waals surface area contributed by atoms with Gasteiger partial charge in [-0.1, -0.05) is 13.8 Å². The van der Waals surface area contributed by atoms with E-state index < -0.39 is 5.60 Å². The Labute approximate surface area is 103 Å². The maximum absolute atomic E-state index is 10.7. The Balaban J connectivity index is 3.39. The van der Waals surface area contributed by atoms with Gasteiger partial charge < -0.3 is 15.6 Å². The molecule has 5 heteroatoms. The second-order valence-electron chi connectivity index (χ2n) is 4.88. The SMILES string of the molecule is COc1cnn(C(C)C)c1C(O)(CN)C(C)C. The Morgan fingerprint density at radius 1 is 1.47 bits per heavy atom. The van der Waals surface area contributed by atoms with Crippen LogP contribution in [-0.2, 0) is 5.60 Å². The normalized spacial score (nSPS) is 15.4. The summed E-state index contributed by atoms with van der Waals surface area (Å²) in [5.41, 5.74) is 5.29. The molecule has 1 rings (SSSR count). The molecule has 0 aliphatic heterocycles. The number of methoxy groups -OCH3 is 1. The van der Waals surface area contributed by atoms with E-state index in [4.69, 9.17) is 10.5 Å². The summed E-state index contributed by atoms with van der Waals surface area (Å²) in [6.45, 7) is 8.02. The second-order valence-corrected chi connectivity index (χ2v) is 4.88. The number of nitrogens with two attached hydrogens (primary N) is 1. The molecule has 98 valence electrons. The van der Waals surface area contributed by atoms with Crippen LogP contribution in [0.4, 0.5) is 0 Å². The first kappa shape index (κ1) is 14.0. The van der Waals surface area contributed by atoms with E-state index in [1.807, 2.05) is 27.7 Å². The van der Waals surface area contributed by atoms with Crippen LogP contribution in [0.15, 0.2) is 6.20 Å². The van der Waals surface area contributed by atoms with Gasteiger partial charge in [-0.05, 0) is 19.8 Å². The molecular formula is C12H23N3O2. The van der Waals surface area contributed by atoms with Crippen molar-refractivity contribution in [1.82, 2.24) is 9.78 Å². The number of hydrogen-bond acceptors (Lipinski definition) is 4. The van der Waals surface area contributed by atoms with Crippen molar-refractivity contribution in [3.05, 3.63) is 11.9 Å². The highest BCUT2D eigenvalue weighted by Gasteiger charge is 2.38. The van der Waals surface area contributed by atoms with Crippen molar-refractivity contribution < 1.29 is 9.84 Å². The van der Waals surface area contributed by atoms with Crippen LogP contribution in [0.2, 0.25) is 0 Å². The minimum Gasteiger partial charge on any atom is -0.493 e. The molecule has 5 nitrogen and oxygen atoms in total. The summed E-state index contributed by atoms with van der Waals surface area (Å²) in [5, 5.41) is 15.0. The molecule has 0 spiro atoms. The molecule has 0 amide bonds. The lowest BCUT2D eigenvalue weighted by Gasteiger charge is -2.32. The van der Waals surface area contributed by atoms with Crippen molar-refractivity contribution >= 4 is 0 Å². The highest BCUT2D eigenvalue weighted by atomic mass is 16.5. The Kier molecular flexibility index (Phi) is 4.16. The summed E-state index contributed by atoms with van der Waals surface area (Å²) in [5.74, 6) is 0.566. The van der Waals surface area contributed by atoms with Crippen molar-refractivity contribution in [1.29, 1.82) is 0 Å². The molecule has 1 atom stereocenters. The van der Waals surface area contributed by atoms with E-state index in [9.17, 15) is 5.11 Å². The quantitative estimate of drug-likeness (QED) is 0.814. The topological polar surface area (TPSA) is 73.3 Å². The summed E-state index contributed by atoms with van der Waals surface area (Å²) < 4.78 is 7.04. The van der Waals surface area contributed by atoms with Crippen molar-refractivity contribution in [3.8, 4) is 5.75 Å². The van der Waals surface area contributed by atoms with Crippen LogP contribution < -0.4 is 10.5 Å². The number of aromatic nitrogens is 2. The predicted octanol–water partition coefficient (Wildman–Crippen LogP) is 1.27. The lowest BCUT2D eigenvalue weighted by atomic mass is 9.86. The average molecular weight is 241 g/mol. The van der Waals surface area contributed by atoms with Gasteiger partial charge in [0.15, 0.2) is 5.75 Å². The zero-order valence-electron chi connectivity index (χ0n) is 11.3. The standard InChI is InChI=1S/C12H23N3O2/c1-8(2)12(16,7-13)11-10(17-5)6-14-15(11)9(3)4/h6,8-9,16H,7,13H2,1-5H3. The van der Waals surface area contributed by atoms with Crippen molar-refractivity contribution in [2.45, 2.75) is 39.3 Å². The first-order chi connectivity index (χ1) is 7.88. The van der Waals surface area contributed by atoms with E-state index in [0.29, 0.717) is 11.4 Å². The fourth-order valence-corrected chi connectivity index (χ4v) is 1.90. The number of rotatable bonds is 5. The molecule has 0 fully saturated rings. The van der Waals surface area contributed by atoms with Crippen LogP contribution in [0.3, 0.4) is 0 Å². The number of aliphatic hydroxyl groups is 1. The molecular weight excluding hydrogens is 218 g/mol. The first-order valence-electron chi connectivity index (χ1n) is 5.92. The van der Waals surface area contributed by atoms with Gasteiger partial charge in [-0.15, -0.1) is 0 Å². The van der Waals surface area contributed by atoms with Gasteiger partial charge in [0.2, 0.25) is 0 Å². The summed E-state index contributed by atoms with van der Waals surface area (Å²) in [4.78, 5) is 0. The lowest BCUT2D eigenvalue weighted by Crippen LogP contribution is -2.42. The predicted molar refractivity (Wildman–Crippen MR) is 67.0 cm³/mol. The molecule has 0 saturated heterocycles. The van der Waals surface area contributed by atoms with Gasteiger partial charge in [0.25, 0.3) is 0 Å². The highest BCUT2D eigenvalue weighted by Crippen LogP contribution is 2.36. The van der Waals surface area contributed by atoms with E-state index in [0.717, 1.165) is 0 Å². The summed E-state index contributed by atoms with van der Waals surface area (Å²) in [6, 6.07) is 0.144. The zero-order valence-corrected chi connectivity index (χ0v) is 11.3. The molecule has 0 aliphatic carbocycles. The number of nitrogens with zero attached hydrogens (tertiary/aromatic N) is 2. The summed E-state index contributed by atoms with van der Waals surface area (Å²) in [6.07, 6.45) is 1.62. The van der Waals surface area contributed by atoms with Crippen LogP contribution in [0.25, 0.3) is 0 Å². The minimum atomic E-state index is -1.12. The van der Waals surface area contributed by atoms with Gasteiger partial charge >= 0.3 is 0 Å². The molecule has 17 heavy (non-hydrogen) atoms. The lowest BCUT2D eigenvalue weighted by molar-refractivity contribution is -0.0123. The molecule has 1 heterocycles. The maximum atomic E-state index is 10.7. The van der Waals surface area contributed by atoms with E-state index in [1.165, 1.54) is 0 Å². The molecule has 1 aromatic rings. The summed E-state index contributed by atoms with van der Waals surface area (Å²) in [7, 11) is 1.57. The van der Waals surface area contributed by atoms with Gasteiger partial charge in [-0.2, -0.15) is 5.10 Å². The third-order valence-electron chi connectivity index (χ3n) is 3.15. The van der Waals surface area contributed by atoms with Gasteiger partial charge in [-0.25, -0.2) is 0 Å². The molecule has 0 aliphatic rings. The number of hydrogen-bond donors (Lipinski definition) is 2. The fraction of sp³-hybridized carbons (Fsp3) is 0.750. The van der Waals surface area contributed by atoms with E-state index in [1.54, 1.807) is 18.0 Å². The zero-order chi connectivity index (χ0) is 13.2. The Morgan fingerprint density at radius 2 is 2.06 bits per heavy atom. The van der Waals surface area contributed by atoms with E-state index >= 15 is 0 Å². The van der Waals surface area contributed by atoms with Crippen molar-refractivity contribution in [3.63, 3.8) is 0 Å². The van der Waals surface area contributed by atoms with Crippen LogP contribution in [0.1, 0.15) is 39.4 Å². The Morgan fingerprint density at radius 3 is 2.41 bits per heavy atom. The molecule has 0 radical (unpaired) electrons. The average Bonchev–Trinajstić information content (AvgIpc) is 2.71. The molecule has 3 N–H and O–H groups in total. The summed E-state index contributed by atoms with van der Waals surface area (Å²) >= 11 is 0. The molecule has 0 aromatic carbocycles. The first-order valence-corrected chi connectivity index (χ1v) is 5.92. The van der Waals surface area contributed by atoms with E-state index in [2.05, 4.69) is 5.10 Å². The van der Waals surface area contributed by atoms with Gasteiger partial charge in [0.05, 0.1) is 13.3 Å². The van der Waals surface area contributed by atoms with Crippen LogP contribution in [-0.4, -0.2) is 28.5 Å². The number of ether oxygens (including phenoxy) is 1. The maximum Gasteiger partial charge on any atom is 0.163 e. The third-order valence-corrected chi connectivity index (χ3v) is 3.15. The van der Waals surface area contributed by atoms with Crippen LogP contribution in [0.5, 0.6) is 5.75 Å². The molecule has 0 bridgehead atoms. The highest BCUT2D eigenvalue weighted by molar-refractivity contribution is 5.32. The molecule has 1 unspecified atom stereocenters. The van der Waals surface area contributed by atoms with Crippen molar-refractivity contribution in [2.75, 3.05) is 13.7 Å². The second kappa shape index (κ2) is 5.06. The molecule has 0 saturated carbocycles. The van der Waals surface area contributed by atoms with Gasteiger partial charge in [0, 0.05) is 12.6 Å². The van der Waals surface area contributed by atoms with Crippen LogP contribution in [0, 0.1) is 5.92 Å². The Bertz CT molecular complexity index is 374. The fourth-order valence-electron chi connectivity index (χ4n) is 1.90. The van der Waals surface area contributed by atoms with Gasteiger partial charge in [0.1, 0.15) is 11.3 Å². The Hall–Kier alpha value is -1.07. The largest absolute Gasteiger partial charge is 0.493 e. The minimum absolute atomic E-state index is 0.0180. The van der Waals surface area contributed by atoms with E-state index in [-0.39, 0.29) is 18.5 Å². The third kappa shape index (κ3) is 2.30. The van der Waals surface area contributed by atoms with Gasteiger partial charge in [-0.3, -0.25) is 4.68 Å².